The maximum atomic E-state index is 10.4. The van der Waals surface area contributed by atoms with E-state index >= 15 is 0 Å². The van der Waals surface area contributed by atoms with Gasteiger partial charge in [0.05, 0.1) is 0 Å². The van der Waals surface area contributed by atoms with Crippen molar-refractivity contribution in [3.63, 3.8) is 0 Å². The second-order valence-electron chi connectivity index (χ2n) is 10.2. The zero-order valence-corrected chi connectivity index (χ0v) is 22.1. The minimum atomic E-state index is 0.0299. The molecule has 0 bridgehead atoms. The molecular formula is C33H36O3. The van der Waals surface area contributed by atoms with E-state index in [4.69, 9.17) is 0 Å². The summed E-state index contributed by atoms with van der Waals surface area (Å²) in [5.74, 6) is 1.03. The molecular weight excluding hydrogens is 444 g/mol. The second-order valence-corrected chi connectivity index (χ2v) is 10.2. The van der Waals surface area contributed by atoms with Gasteiger partial charge in [-0.15, -0.1) is 0 Å². The fourth-order valence-corrected chi connectivity index (χ4v) is 5.38. The van der Waals surface area contributed by atoms with Gasteiger partial charge >= 0.3 is 0 Å². The molecule has 0 saturated carbocycles. The Morgan fingerprint density at radius 2 is 0.833 bits per heavy atom. The van der Waals surface area contributed by atoms with Gasteiger partial charge in [-0.1, -0.05) is 48.5 Å². The van der Waals surface area contributed by atoms with Crippen LogP contribution in [0.25, 0.3) is 0 Å². The molecule has 3 N–H and O–H groups in total. The monoisotopic (exact) mass is 480 g/mol. The Bertz CT molecular complexity index is 1350. The number of hydrogen-bond donors (Lipinski definition) is 3. The number of aryl methyl sites for hydroxylation is 6. The predicted molar refractivity (Wildman–Crippen MR) is 147 cm³/mol. The highest BCUT2D eigenvalue weighted by Gasteiger charge is 2.27. The van der Waals surface area contributed by atoms with Gasteiger partial charge in [-0.05, 0) is 122 Å². The van der Waals surface area contributed by atoms with Crippen molar-refractivity contribution in [1.29, 1.82) is 0 Å². The molecule has 1 atom stereocenters. The molecule has 0 fully saturated rings. The molecule has 0 spiro atoms. The molecule has 186 valence electrons. The van der Waals surface area contributed by atoms with Gasteiger partial charge in [0, 0.05) is 11.8 Å². The van der Waals surface area contributed by atoms with E-state index in [1.165, 1.54) is 22.3 Å². The maximum Gasteiger partial charge on any atom is 0.118 e. The zero-order chi connectivity index (χ0) is 26.1. The summed E-state index contributed by atoms with van der Waals surface area (Å²) in [4.78, 5) is 0. The molecule has 3 nitrogen and oxygen atoms in total. The van der Waals surface area contributed by atoms with Crippen LogP contribution in [0, 0.1) is 41.5 Å². The highest BCUT2D eigenvalue weighted by Crippen LogP contribution is 2.44. The zero-order valence-electron chi connectivity index (χ0n) is 22.1. The van der Waals surface area contributed by atoms with Crippen LogP contribution in [-0.4, -0.2) is 15.3 Å². The highest BCUT2D eigenvalue weighted by atomic mass is 16.3. The smallest absolute Gasteiger partial charge is 0.118 e. The lowest BCUT2D eigenvalue weighted by molar-refractivity contribution is 0.469. The van der Waals surface area contributed by atoms with E-state index in [2.05, 4.69) is 63.2 Å². The Hall–Kier alpha value is -3.72. The van der Waals surface area contributed by atoms with E-state index in [1.807, 2.05) is 45.0 Å². The first-order valence-corrected chi connectivity index (χ1v) is 12.5. The lowest BCUT2D eigenvalue weighted by Gasteiger charge is -2.29. The Kier molecular flexibility index (Phi) is 7.12. The maximum absolute atomic E-state index is 10.4. The van der Waals surface area contributed by atoms with Gasteiger partial charge in [-0.3, -0.25) is 0 Å². The first-order valence-electron chi connectivity index (χ1n) is 12.5. The number of phenolic OH excluding ortho intramolecular Hbond substituents is 3. The average molecular weight is 481 g/mol. The molecule has 4 aromatic rings. The molecule has 0 aliphatic heterocycles. The summed E-state index contributed by atoms with van der Waals surface area (Å²) in [6.07, 6.45) is 0.797. The minimum absolute atomic E-state index is 0.0299. The molecule has 0 heterocycles. The highest BCUT2D eigenvalue weighted by molar-refractivity contribution is 5.52. The summed E-state index contributed by atoms with van der Waals surface area (Å²) < 4.78 is 0. The van der Waals surface area contributed by atoms with Crippen LogP contribution in [0.4, 0.5) is 0 Å². The van der Waals surface area contributed by atoms with Crippen molar-refractivity contribution < 1.29 is 15.3 Å². The number of aromatic hydroxyl groups is 3. The topological polar surface area (TPSA) is 60.7 Å². The molecule has 4 rings (SSSR count). The normalized spacial score (nSPS) is 12.2. The number of rotatable bonds is 6. The van der Waals surface area contributed by atoms with Crippen molar-refractivity contribution in [3.8, 4) is 17.2 Å². The number of hydrogen-bond acceptors (Lipinski definition) is 3. The van der Waals surface area contributed by atoms with E-state index in [-0.39, 0.29) is 11.8 Å². The standard InChI is InChI=1S/C33H36O3/c1-19-15-31(34)22(4)12-26(19)29(25-10-8-7-9-11-25)18-30(27-13-23(5)32(35)16-20(27)2)28-14-24(6)33(36)17-21(28)3/h7-17,29-30,34-36H,18H2,1-6H3. The molecule has 0 radical (unpaired) electrons. The van der Waals surface area contributed by atoms with E-state index in [1.54, 1.807) is 0 Å². The summed E-state index contributed by atoms with van der Waals surface area (Å²) in [7, 11) is 0. The van der Waals surface area contributed by atoms with Crippen LogP contribution in [0.3, 0.4) is 0 Å². The van der Waals surface area contributed by atoms with Crippen molar-refractivity contribution in [1.82, 2.24) is 0 Å². The third kappa shape index (κ3) is 4.97. The number of phenols is 3. The molecule has 3 heteroatoms. The van der Waals surface area contributed by atoms with E-state index in [0.29, 0.717) is 17.2 Å². The summed E-state index contributed by atoms with van der Waals surface area (Å²) in [5, 5.41) is 31.1. The van der Waals surface area contributed by atoms with Gasteiger partial charge in [-0.2, -0.15) is 0 Å². The largest absolute Gasteiger partial charge is 0.508 e. The van der Waals surface area contributed by atoms with Crippen molar-refractivity contribution >= 4 is 0 Å². The molecule has 1 unspecified atom stereocenters. The Morgan fingerprint density at radius 1 is 0.472 bits per heavy atom. The molecule has 36 heavy (non-hydrogen) atoms. The Morgan fingerprint density at radius 3 is 1.22 bits per heavy atom. The second kappa shape index (κ2) is 10.1. The molecule has 4 aromatic carbocycles. The summed E-state index contributed by atoms with van der Waals surface area (Å²) >= 11 is 0. The summed E-state index contributed by atoms with van der Waals surface area (Å²) in [6.45, 7) is 12.0. The van der Waals surface area contributed by atoms with Gasteiger partial charge in [0.1, 0.15) is 17.2 Å². The molecule has 0 amide bonds. The lowest BCUT2D eigenvalue weighted by Crippen LogP contribution is -2.13. The van der Waals surface area contributed by atoms with Gasteiger partial charge in [0.2, 0.25) is 0 Å². The fraction of sp³-hybridized carbons (Fsp3) is 0.273. The van der Waals surface area contributed by atoms with Crippen molar-refractivity contribution in [3.05, 3.63) is 122 Å². The van der Waals surface area contributed by atoms with Crippen LogP contribution in [-0.2, 0) is 0 Å². The van der Waals surface area contributed by atoms with Crippen LogP contribution in [0.5, 0.6) is 17.2 Å². The van der Waals surface area contributed by atoms with Crippen LogP contribution in [0.1, 0.15) is 73.9 Å². The first-order chi connectivity index (χ1) is 17.1. The number of benzene rings is 4. The van der Waals surface area contributed by atoms with Crippen LogP contribution < -0.4 is 0 Å². The SMILES string of the molecule is Cc1cc(C(CC(c2cc(C)c(O)cc2C)c2cc(C)c(O)cc2C)c2ccccc2)c(C)cc1O. The van der Waals surface area contributed by atoms with E-state index < -0.39 is 0 Å². The lowest BCUT2D eigenvalue weighted by atomic mass is 9.74. The molecule has 0 saturated heterocycles. The van der Waals surface area contributed by atoms with Crippen molar-refractivity contribution in [2.45, 2.75) is 59.8 Å². The van der Waals surface area contributed by atoms with E-state index in [0.717, 1.165) is 39.8 Å². The Labute approximate surface area is 214 Å². The quantitative estimate of drug-likeness (QED) is 0.262. The van der Waals surface area contributed by atoms with Gasteiger partial charge in [0.15, 0.2) is 0 Å². The Balaban J connectivity index is 1.96. The first kappa shape index (κ1) is 25.4. The summed E-state index contributed by atoms with van der Waals surface area (Å²) in [5.41, 5.74) is 10.5. The third-order valence-corrected chi connectivity index (χ3v) is 7.55. The van der Waals surface area contributed by atoms with Crippen LogP contribution >= 0.6 is 0 Å². The average Bonchev–Trinajstić information content (AvgIpc) is 2.83. The van der Waals surface area contributed by atoms with Gasteiger partial charge in [-0.25, -0.2) is 0 Å². The molecule has 0 aromatic heterocycles. The summed E-state index contributed by atoms with van der Waals surface area (Å²) in [6, 6.07) is 22.4. The molecule has 0 aliphatic rings. The minimum Gasteiger partial charge on any atom is -0.508 e. The van der Waals surface area contributed by atoms with Gasteiger partial charge in [0.25, 0.3) is 0 Å². The van der Waals surface area contributed by atoms with Crippen LogP contribution in [0.15, 0.2) is 66.7 Å². The molecule has 0 aliphatic carbocycles. The fourth-order valence-electron chi connectivity index (χ4n) is 5.38. The van der Waals surface area contributed by atoms with Gasteiger partial charge < -0.3 is 15.3 Å². The van der Waals surface area contributed by atoms with E-state index in [9.17, 15) is 15.3 Å². The third-order valence-electron chi connectivity index (χ3n) is 7.55. The predicted octanol–water partition coefficient (Wildman–Crippen LogP) is 8.01. The van der Waals surface area contributed by atoms with Crippen molar-refractivity contribution in [2.24, 2.45) is 0 Å². The van der Waals surface area contributed by atoms with Crippen LogP contribution in [0.2, 0.25) is 0 Å². The van der Waals surface area contributed by atoms with Crippen molar-refractivity contribution in [2.75, 3.05) is 0 Å².